The Morgan fingerprint density at radius 3 is 2.70 bits per heavy atom. The molecule has 104 valence electrons. The molecule has 0 amide bonds. The molecule has 1 N–H and O–H groups in total. The number of anilines is 1. The molecule has 2 aromatic rings. The van der Waals surface area contributed by atoms with Crippen molar-refractivity contribution < 1.29 is 9.18 Å². The second kappa shape index (κ2) is 6.56. The Bertz CT molecular complexity index is 616. The van der Waals surface area contributed by atoms with Crippen LogP contribution in [-0.2, 0) is 4.79 Å². The van der Waals surface area contributed by atoms with Gasteiger partial charge in [0.25, 0.3) is 0 Å². The first-order valence-corrected chi connectivity index (χ1v) is 6.86. The van der Waals surface area contributed by atoms with E-state index in [0.717, 1.165) is 4.47 Å². The second-order valence-corrected chi connectivity index (χ2v) is 5.21. The van der Waals surface area contributed by atoms with Gasteiger partial charge in [0.1, 0.15) is 11.6 Å². The number of hydrogen-bond donors (Lipinski definition) is 1. The van der Waals surface area contributed by atoms with Crippen LogP contribution in [0.5, 0.6) is 0 Å². The summed E-state index contributed by atoms with van der Waals surface area (Å²) >= 11 is 3.30. The lowest BCUT2D eigenvalue weighted by Crippen LogP contribution is -2.08. The summed E-state index contributed by atoms with van der Waals surface area (Å²) in [6, 6.07) is 4.70. The average molecular weight is 338 g/mol. The number of carbonyl (C=O) groups excluding carboxylic acids is 1. The van der Waals surface area contributed by atoms with Crippen LogP contribution < -0.4 is 5.32 Å². The maximum atomic E-state index is 13.7. The van der Waals surface area contributed by atoms with E-state index in [2.05, 4.69) is 31.2 Å². The summed E-state index contributed by atoms with van der Waals surface area (Å²) in [4.78, 5) is 19.0. The highest BCUT2D eigenvalue weighted by Crippen LogP contribution is 2.25. The highest BCUT2D eigenvalue weighted by molar-refractivity contribution is 9.10. The summed E-state index contributed by atoms with van der Waals surface area (Å²) in [5, 5.41) is 2.93. The number of nitrogens with zero attached hydrogens (tertiary/aromatic N) is 2. The fourth-order valence-corrected chi connectivity index (χ4v) is 1.99. The van der Waals surface area contributed by atoms with E-state index in [1.54, 1.807) is 24.5 Å². The van der Waals surface area contributed by atoms with Gasteiger partial charge in [0.05, 0.1) is 0 Å². The third kappa shape index (κ3) is 3.84. The molecule has 0 aliphatic heterocycles. The van der Waals surface area contributed by atoms with E-state index in [0.29, 0.717) is 30.0 Å². The summed E-state index contributed by atoms with van der Waals surface area (Å²) in [5.41, 5.74) is 1.04. The van der Waals surface area contributed by atoms with Gasteiger partial charge in [-0.05, 0) is 25.1 Å². The third-order valence-corrected chi connectivity index (χ3v) is 3.14. The van der Waals surface area contributed by atoms with E-state index in [9.17, 15) is 9.18 Å². The third-order valence-electron chi connectivity index (χ3n) is 2.65. The van der Waals surface area contributed by atoms with Gasteiger partial charge in [-0.25, -0.2) is 14.4 Å². The number of rotatable bonds is 5. The Labute approximate surface area is 124 Å². The Morgan fingerprint density at radius 2 is 2.05 bits per heavy atom. The molecule has 20 heavy (non-hydrogen) atoms. The molecule has 0 atom stereocenters. The van der Waals surface area contributed by atoms with E-state index in [4.69, 9.17) is 0 Å². The fraction of sp³-hybridized carbons (Fsp3) is 0.214. The topological polar surface area (TPSA) is 54.9 Å². The zero-order valence-electron chi connectivity index (χ0n) is 10.9. The number of carbonyl (C=O) groups is 1. The molecule has 0 aliphatic rings. The lowest BCUT2D eigenvalue weighted by Gasteiger charge is -2.06. The predicted octanol–water partition coefficient (Wildman–Crippen LogP) is 3.44. The van der Waals surface area contributed by atoms with Crippen molar-refractivity contribution in [3.63, 3.8) is 0 Å². The lowest BCUT2D eigenvalue weighted by atomic mass is 10.1. The largest absolute Gasteiger partial charge is 0.354 e. The fourth-order valence-electron chi connectivity index (χ4n) is 1.63. The molecule has 0 radical (unpaired) electrons. The van der Waals surface area contributed by atoms with Gasteiger partial charge in [0, 0.05) is 41.0 Å². The van der Waals surface area contributed by atoms with Crippen molar-refractivity contribution in [2.45, 2.75) is 13.3 Å². The zero-order valence-corrected chi connectivity index (χ0v) is 12.4. The van der Waals surface area contributed by atoms with Crippen LogP contribution in [0.1, 0.15) is 13.3 Å². The van der Waals surface area contributed by atoms with Gasteiger partial charge >= 0.3 is 0 Å². The van der Waals surface area contributed by atoms with E-state index in [-0.39, 0.29) is 11.6 Å². The summed E-state index contributed by atoms with van der Waals surface area (Å²) in [7, 11) is 0. The Hall–Kier alpha value is -1.82. The minimum Gasteiger partial charge on any atom is -0.354 e. The van der Waals surface area contributed by atoms with Crippen LogP contribution in [-0.4, -0.2) is 22.3 Å². The van der Waals surface area contributed by atoms with Crippen molar-refractivity contribution in [3.05, 3.63) is 40.9 Å². The van der Waals surface area contributed by atoms with Crippen LogP contribution in [0.3, 0.4) is 0 Å². The molecule has 2 rings (SSSR count). The number of Topliss-reactive ketones (excluding diaryl/α,β-unsaturated/α-hetero) is 1. The van der Waals surface area contributed by atoms with Crippen molar-refractivity contribution >= 4 is 27.7 Å². The van der Waals surface area contributed by atoms with Crippen LogP contribution in [0.4, 0.5) is 10.3 Å². The molecule has 0 fully saturated rings. The standard InChI is InChI=1S/C14H13BrFN3O/c1-9(20)4-5-17-14-18-7-10(8-19-14)12-6-11(15)2-3-13(12)16/h2-3,6-8H,4-5H2,1H3,(H,17,18,19). The number of aromatic nitrogens is 2. The highest BCUT2D eigenvalue weighted by atomic mass is 79.9. The van der Waals surface area contributed by atoms with E-state index < -0.39 is 0 Å². The highest BCUT2D eigenvalue weighted by Gasteiger charge is 2.07. The van der Waals surface area contributed by atoms with Crippen molar-refractivity contribution in [1.29, 1.82) is 0 Å². The van der Waals surface area contributed by atoms with Crippen molar-refractivity contribution in [2.24, 2.45) is 0 Å². The summed E-state index contributed by atoms with van der Waals surface area (Å²) in [6.45, 7) is 2.02. The zero-order chi connectivity index (χ0) is 14.5. The van der Waals surface area contributed by atoms with Gasteiger partial charge in [-0.1, -0.05) is 15.9 Å². The first-order valence-electron chi connectivity index (χ1n) is 6.07. The van der Waals surface area contributed by atoms with E-state index >= 15 is 0 Å². The Balaban J connectivity index is 2.11. The molecule has 1 heterocycles. The van der Waals surface area contributed by atoms with Gasteiger partial charge in [-0.2, -0.15) is 0 Å². The number of halogens is 2. The summed E-state index contributed by atoms with van der Waals surface area (Å²) in [5.74, 6) is 0.199. The molecule has 0 aliphatic carbocycles. The molecule has 1 aromatic carbocycles. The van der Waals surface area contributed by atoms with Crippen molar-refractivity contribution in [3.8, 4) is 11.1 Å². The Kier molecular flexibility index (Phi) is 4.79. The average Bonchev–Trinajstić information content (AvgIpc) is 2.42. The van der Waals surface area contributed by atoms with Gasteiger partial charge < -0.3 is 5.32 Å². The normalized spacial score (nSPS) is 10.3. The minimum absolute atomic E-state index is 0.102. The predicted molar refractivity (Wildman–Crippen MR) is 78.9 cm³/mol. The second-order valence-electron chi connectivity index (χ2n) is 4.30. The lowest BCUT2D eigenvalue weighted by molar-refractivity contribution is -0.116. The molecule has 1 aromatic heterocycles. The molecular weight excluding hydrogens is 325 g/mol. The molecular formula is C14H13BrFN3O. The van der Waals surface area contributed by atoms with E-state index in [1.165, 1.54) is 13.0 Å². The van der Waals surface area contributed by atoms with E-state index in [1.807, 2.05) is 0 Å². The van der Waals surface area contributed by atoms with Gasteiger partial charge in [-0.15, -0.1) is 0 Å². The molecule has 0 spiro atoms. The number of nitrogens with one attached hydrogen (secondary N) is 1. The first-order chi connectivity index (χ1) is 9.56. The van der Waals surface area contributed by atoms with Crippen LogP contribution in [0.25, 0.3) is 11.1 Å². The first kappa shape index (κ1) is 14.6. The maximum absolute atomic E-state index is 13.7. The molecule has 4 nitrogen and oxygen atoms in total. The van der Waals surface area contributed by atoms with Crippen LogP contribution in [0.15, 0.2) is 35.1 Å². The smallest absolute Gasteiger partial charge is 0.222 e. The van der Waals surface area contributed by atoms with Crippen LogP contribution >= 0.6 is 15.9 Å². The van der Waals surface area contributed by atoms with Crippen molar-refractivity contribution in [1.82, 2.24) is 9.97 Å². The number of benzene rings is 1. The maximum Gasteiger partial charge on any atom is 0.222 e. The SMILES string of the molecule is CC(=O)CCNc1ncc(-c2cc(Br)ccc2F)cn1. The number of hydrogen-bond acceptors (Lipinski definition) is 4. The summed E-state index contributed by atoms with van der Waals surface area (Å²) < 4.78 is 14.5. The monoisotopic (exact) mass is 337 g/mol. The molecule has 0 saturated heterocycles. The molecule has 6 heteroatoms. The van der Waals surface area contributed by atoms with Crippen LogP contribution in [0, 0.1) is 5.82 Å². The molecule has 0 bridgehead atoms. The summed E-state index contributed by atoms with van der Waals surface area (Å²) in [6.07, 6.45) is 3.52. The Morgan fingerprint density at radius 1 is 1.35 bits per heavy atom. The van der Waals surface area contributed by atoms with Gasteiger partial charge in [0.2, 0.25) is 5.95 Å². The van der Waals surface area contributed by atoms with Gasteiger partial charge in [0.15, 0.2) is 0 Å². The quantitative estimate of drug-likeness (QED) is 0.907. The van der Waals surface area contributed by atoms with Gasteiger partial charge in [-0.3, -0.25) is 4.79 Å². The molecule has 0 unspecified atom stereocenters. The minimum atomic E-state index is -0.325. The van der Waals surface area contributed by atoms with Crippen molar-refractivity contribution in [2.75, 3.05) is 11.9 Å². The van der Waals surface area contributed by atoms with Crippen LogP contribution in [0.2, 0.25) is 0 Å². The number of ketones is 1. The molecule has 0 saturated carbocycles.